The molecule has 0 spiro atoms. The summed E-state index contributed by atoms with van der Waals surface area (Å²) < 4.78 is 10.7. The average molecular weight is 354 g/mol. The summed E-state index contributed by atoms with van der Waals surface area (Å²) in [6.45, 7) is 0. The molecule has 0 fully saturated rings. The van der Waals surface area contributed by atoms with E-state index in [0.717, 1.165) is 19.3 Å². The van der Waals surface area contributed by atoms with Crippen LogP contribution in [0.2, 0.25) is 0 Å². The first-order valence-corrected chi connectivity index (χ1v) is 8.89. The number of rotatable bonds is 8. The normalized spacial score (nSPS) is 15.2. The number of carboxylic acids is 1. The monoisotopic (exact) mass is 354 g/mol. The van der Waals surface area contributed by atoms with Crippen molar-refractivity contribution in [3.63, 3.8) is 0 Å². The molecule has 2 aromatic rings. The van der Waals surface area contributed by atoms with Crippen molar-refractivity contribution in [1.29, 1.82) is 0 Å². The van der Waals surface area contributed by atoms with Crippen LogP contribution in [0, 0.1) is 0 Å². The van der Waals surface area contributed by atoms with Crippen LogP contribution in [-0.2, 0) is 4.79 Å². The summed E-state index contributed by atoms with van der Waals surface area (Å²) in [5.41, 5.74) is 1.79. The van der Waals surface area contributed by atoms with Crippen molar-refractivity contribution in [2.24, 2.45) is 0 Å². The molecule has 5 nitrogen and oxygen atoms in total. The molecule has 1 atom stereocenters. The van der Waals surface area contributed by atoms with Crippen LogP contribution in [0.25, 0.3) is 0 Å². The summed E-state index contributed by atoms with van der Waals surface area (Å²) in [4.78, 5) is 23.7. The Kier molecular flexibility index (Phi) is 5.89. The second kappa shape index (κ2) is 8.52. The van der Waals surface area contributed by atoms with Crippen LogP contribution in [0.1, 0.15) is 54.6 Å². The lowest BCUT2D eigenvalue weighted by Crippen LogP contribution is -2.27. The smallest absolute Gasteiger partial charge is 0.344 e. The Morgan fingerprint density at radius 1 is 1.15 bits per heavy atom. The lowest BCUT2D eigenvalue weighted by Gasteiger charge is -2.18. The van der Waals surface area contributed by atoms with Gasteiger partial charge in [0.25, 0.3) is 0 Å². The van der Waals surface area contributed by atoms with E-state index in [0.29, 0.717) is 17.7 Å². The largest absolute Gasteiger partial charge is 0.479 e. The Morgan fingerprint density at radius 3 is 2.58 bits per heavy atom. The number of benzene rings is 1. The lowest BCUT2D eigenvalue weighted by molar-refractivity contribution is -0.145. The third-order valence-corrected chi connectivity index (χ3v) is 4.53. The topological polar surface area (TPSA) is 76.7 Å². The number of carbonyl (C=O) groups excluding carboxylic acids is 1. The first kappa shape index (κ1) is 18.0. The fourth-order valence-corrected chi connectivity index (χ4v) is 3.08. The fraction of sp³-hybridized carbons (Fsp3) is 0.333. The summed E-state index contributed by atoms with van der Waals surface area (Å²) in [6.07, 6.45) is 8.47. The van der Waals surface area contributed by atoms with Crippen LogP contribution in [0.15, 0.2) is 58.7 Å². The second-order valence-electron chi connectivity index (χ2n) is 6.42. The quantitative estimate of drug-likeness (QED) is 0.553. The molecular weight excluding hydrogens is 332 g/mol. The number of furan rings is 1. The molecule has 0 amide bonds. The van der Waals surface area contributed by atoms with Gasteiger partial charge in [-0.15, -0.1) is 0 Å². The zero-order valence-corrected chi connectivity index (χ0v) is 14.5. The van der Waals surface area contributed by atoms with E-state index in [9.17, 15) is 14.7 Å². The molecule has 1 aliphatic rings. The molecular formula is C21H22O5. The van der Waals surface area contributed by atoms with Crippen LogP contribution < -0.4 is 4.74 Å². The number of hydrogen-bond donors (Lipinski definition) is 1. The number of carboxylic acid groups (broad SMARTS) is 1. The number of ether oxygens (including phenoxy) is 1. The molecule has 3 rings (SSSR count). The van der Waals surface area contributed by atoms with Gasteiger partial charge in [0.05, 0.1) is 6.26 Å². The number of aliphatic carboxylic acids is 1. The number of allylic oxidation sites excluding steroid dienone is 2. The predicted molar refractivity (Wildman–Crippen MR) is 96.4 cm³/mol. The Bertz CT molecular complexity index is 771. The third kappa shape index (κ3) is 4.63. The van der Waals surface area contributed by atoms with Gasteiger partial charge in [-0.25, -0.2) is 4.79 Å². The molecule has 0 saturated carbocycles. The van der Waals surface area contributed by atoms with Gasteiger partial charge in [0.2, 0.25) is 5.78 Å². The standard InChI is InChI=1S/C21H22O5/c22-20(18-7-4-14-25-18)16-9-11-17(12-10-16)26-19(21(23)24)13-8-15-5-2-1-3-6-15/h4-5,7,9-12,14,19H,1-3,6,8,13H2,(H,23,24). The van der Waals surface area contributed by atoms with Crippen LogP contribution >= 0.6 is 0 Å². The zero-order chi connectivity index (χ0) is 18.4. The summed E-state index contributed by atoms with van der Waals surface area (Å²) in [6, 6.07) is 9.72. The van der Waals surface area contributed by atoms with Crippen LogP contribution in [0.5, 0.6) is 5.75 Å². The maximum absolute atomic E-state index is 12.2. The van der Waals surface area contributed by atoms with Gasteiger partial charge in [0.15, 0.2) is 11.9 Å². The molecule has 0 bridgehead atoms. The Balaban J connectivity index is 1.61. The van der Waals surface area contributed by atoms with E-state index in [1.54, 1.807) is 36.4 Å². The van der Waals surface area contributed by atoms with Crippen molar-refractivity contribution in [2.45, 2.75) is 44.6 Å². The van der Waals surface area contributed by atoms with Gasteiger partial charge >= 0.3 is 5.97 Å². The van der Waals surface area contributed by atoms with Gasteiger partial charge in [0.1, 0.15) is 5.75 Å². The fourth-order valence-electron chi connectivity index (χ4n) is 3.08. The first-order valence-electron chi connectivity index (χ1n) is 8.89. The zero-order valence-electron chi connectivity index (χ0n) is 14.5. The van der Waals surface area contributed by atoms with Crippen molar-refractivity contribution in [1.82, 2.24) is 0 Å². The highest BCUT2D eigenvalue weighted by Crippen LogP contribution is 2.24. The van der Waals surface area contributed by atoms with Crippen molar-refractivity contribution in [3.05, 3.63) is 65.6 Å². The van der Waals surface area contributed by atoms with E-state index in [1.165, 1.54) is 24.7 Å². The third-order valence-electron chi connectivity index (χ3n) is 4.53. The molecule has 1 unspecified atom stereocenters. The summed E-state index contributed by atoms with van der Waals surface area (Å²) in [5, 5.41) is 9.42. The summed E-state index contributed by atoms with van der Waals surface area (Å²) in [7, 11) is 0. The van der Waals surface area contributed by atoms with Crippen LogP contribution in [-0.4, -0.2) is 23.0 Å². The van der Waals surface area contributed by atoms with E-state index >= 15 is 0 Å². The molecule has 0 aliphatic heterocycles. The highest BCUT2D eigenvalue weighted by atomic mass is 16.5. The predicted octanol–water partition coefficient (Wildman–Crippen LogP) is 4.62. The molecule has 1 heterocycles. The highest BCUT2D eigenvalue weighted by molar-refractivity contribution is 6.07. The van der Waals surface area contributed by atoms with Crippen LogP contribution in [0.3, 0.4) is 0 Å². The highest BCUT2D eigenvalue weighted by Gasteiger charge is 2.20. The van der Waals surface area contributed by atoms with Crippen molar-refractivity contribution in [2.75, 3.05) is 0 Å². The van der Waals surface area contributed by atoms with Gasteiger partial charge < -0.3 is 14.3 Å². The van der Waals surface area contributed by atoms with E-state index in [4.69, 9.17) is 9.15 Å². The van der Waals surface area contributed by atoms with E-state index in [-0.39, 0.29) is 11.5 Å². The maximum Gasteiger partial charge on any atom is 0.344 e. The Morgan fingerprint density at radius 2 is 1.96 bits per heavy atom. The molecule has 1 N–H and O–H groups in total. The number of ketones is 1. The first-order chi connectivity index (χ1) is 12.6. The van der Waals surface area contributed by atoms with Gasteiger partial charge in [-0.2, -0.15) is 0 Å². The molecule has 1 aromatic carbocycles. The minimum Gasteiger partial charge on any atom is -0.479 e. The molecule has 136 valence electrons. The van der Waals surface area contributed by atoms with E-state index < -0.39 is 12.1 Å². The van der Waals surface area contributed by atoms with E-state index in [2.05, 4.69) is 6.08 Å². The number of hydrogen-bond acceptors (Lipinski definition) is 4. The molecule has 1 aliphatic carbocycles. The van der Waals surface area contributed by atoms with Crippen LogP contribution in [0.4, 0.5) is 0 Å². The van der Waals surface area contributed by atoms with Crippen molar-refractivity contribution >= 4 is 11.8 Å². The minimum atomic E-state index is -0.975. The molecule has 26 heavy (non-hydrogen) atoms. The second-order valence-corrected chi connectivity index (χ2v) is 6.42. The molecule has 0 radical (unpaired) electrons. The van der Waals surface area contributed by atoms with E-state index in [1.807, 2.05) is 0 Å². The van der Waals surface area contributed by atoms with Gasteiger partial charge in [0, 0.05) is 5.56 Å². The average Bonchev–Trinajstić information content (AvgIpc) is 3.20. The summed E-state index contributed by atoms with van der Waals surface area (Å²) >= 11 is 0. The van der Waals surface area contributed by atoms with Gasteiger partial charge in [-0.3, -0.25) is 4.79 Å². The maximum atomic E-state index is 12.2. The summed E-state index contributed by atoms with van der Waals surface area (Å²) in [5.74, 6) is -0.494. The van der Waals surface area contributed by atoms with Gasteiger partial charge in [-0.1, -0.05) is 11.6 Å². The Labute approximate surface area is 152 Å². The van der Waals surface area contributed by atoms with Gasteiger partial charge in [-0.05, 0) is 74.9 Å². The molecule has 0 saturated heterocycles. The van der Waals surface area contributed by atoms with Crippen molar-refractivity contribution in [3.8, 4) is 5.75 Å². The molecule has 1 aromatic heterocycles. The minimum absolute atomic E-state index is 0.222. The SMILES string of the molecule is O=C(c1ccc(OC(CCC2=CCCCC2)C(=O)O)cc1)c1ccco1. The van der Waals surface area contributed by atoms with Crippen molar-refractivity contribution < 1.29 is 23.8 Å². The molecule has 5 heteroatoms. The Hall–Kier alpha value is -2.82. The lowest BCUT2D eigenvalue weighted by atomic mass is 9.95. The number of carbonyl (C=O) groups is 2.